The Kier molecular flexibility index (Phi) is 4.45. The Balaban J connectivity index is 2.84. The molecule has 0 radical (unpaired) electrons. The fourth-order valence-corrected chi connectivity index (χ4v) is 1.16. The molecule has 1 aromatic carbocycles. The molecule has 3 N–H and O–H groups in total. The average Bonchev–Trinajstić information content (AvgIpc) is 2.30. The Morgan fingerprint density at radius 1 is 1.44 bits per heavy atom. The molecule has 0 aliphatic rings. The number of nitrogens with one attached hydrogen (secondary N) is 1. The number of aliphatic hydroxyl groups is 2. The van der Waals surface area contributed by atoms with Gasteiger partial charge in [-0.1, -0.05) is 0 Å². The molecule has 16 heavy (non-hydrogen) atoms. The number of anilines is 1. The highest BCUT2D eigenvalue weighted by Gasteiger charge is 2.14. The van der Waals surface area contributed by atoms with Gasteiger partial charge in [0.1, 0.15) is 0 Å². The van der Waals surface area contributed by atoms with Gasteiger partial charge in [-0.2, -0.15) is 4.39 Å². The second-order valence-corrected chi connectivity index (χ2v) is 3.16. The van der Waals surface area contributed by atoms with E-state index in [1.165, 1.54) is 13.2 Å². The third-order valence-electron chi connectivity index (χ3n) is 1.99. The van der Waals surface area contributed by atoms with Crippen molar-refractivity contribution in [2.45, 2.75) is 6.10 Å². The quantitative estimate of drug-likeness (QED) is 0.702. The van der Waals surface area contributed by atoms with E-state index in [0.29, 0.717) is 0 Å². The molecule has 1 atom stereocenters. The van der Waals surface area contributed by atoms with Gasteiger partial charge in [0.15, 0.2) is 11.6 Å². The summed E-state index contributed by atoms with van der Waals surface area (Å²) in [6, 6.07) is 2.24. The number of ether oxygens (including phenoxy) is 1. The van der Waals surface area contributed by atoms with Crippen molar-refractivity contribution >= 4 is 5.69 Å². The SMILES string of the molecule is COc1c(NCC(O)CO)ccc(F)c1F. The number of rotatable bonds is 5. The summed E-state index contributed by atoms with van der Waals surface area (Å²) in [4.78, 5) is 0. The molecule has 1 aromatic rings. The van der Waals surface area contributed by atoms with Gasteiger partial charge in [-0.15, -0.1) is 0 Å². The number of benzene rings is 1. The highest BCUT2D eigenvalue weighted by Crippen LogP contribution is 2.29. The lowest BCUT2D eigenvalue weighted by atomic mass is 10.2. The molecule has 0 aliphatic carbocycles. The maximum absolute atomic E-state index is 13.2. The van der Waals surface area contributed by atoms with Crippen molar-refractivity contribution in [3.05, 3.63) is 23.8 Å². The second kappa shape index (κ2) is 5.62. The highest BCUT2D eigenvalue weighted by molar-refractivity contribution is 5.57. The molecule has 0 saturated carbocycles. The van der Waals surface area contributed by atoms with Crippen LogP contribution in [0.15, 0.2) is 12.1 Å². The first kappa shape index (κ1) is 12.7. The predicted molar refractivity (Wildman–Crippen MR) is 54.5 cm³/mol. The van der Waals surface area contributed by atoms with Gasteiger partial charge in [-0.3, -0.25) is 0 Å². The standard InChI is InChI=1S/C10H13F2NO3/c1-16-10-8(13-4-6(15)5-14)3-2-7(11)9(10)12/h2-3,6,13-15H,4-5H2,1H3. The van der Waals surface area contributed by atoms with Crippen LogP contribution in [-0.2, 0) is 0 Å². The van der Waals surface area contributed by atoms with Gasteiger partial charge in [0.05, 0.1) is 25.5 Å². The molecule has 0 fully saturated rings. The number of aliphatic hydroxyl groups excluding tert-OH is 2. The molecule has 90 valence electrons. The van der Waals surface area contributed by atoms with Crippen molar-refractivity contribution in [1.82, 2.24) is 0 Å². The lowest BCUT2D eigenvalue weighted by Gasteiger charge is -2.14. The van der Waals surface area contributed by atoms with Crippen molar-refractivity contribution in [2.24, 2.45) is 0 Å². The maximum Gasteiger partial charge on any atom is 0.202 e. The number of hydrogen-bond donors (Lipinski definition) is 3. The van der Waals surface area contributed by atoms with Crippen molar-refractivity contribution in [3.63, 3.8) is 0 Å². The molecule has 0 bridgehead atoms. The Bertz CT molecular complexity index is 360. The van der Waals surface area contributed by atoms with Gasteiger partial charge in [-0.25, -0.2) is 4.39 Å². The summed E-state index contributed by atoms with van der Waals surface area (Å²) in [6.45, 7) is -0.406. The van der Waals surface area contributed by atoms with E-state index in [2.05, 4.69) is 5.32 Å². The van der Waals surface area contributed by atoms with Crippen molar-refractivity contribution in [2.75, 3.05) is 25.6 Å². The maximum atomic E-state index is 13.2. The minimum atomic E-state index is -1.09. The molecule has 0 spiro atoms. The van der Waals surface area contributed by atoms with E-state index in [-0.39, 0.29) is 18.0 Å². The van der Waals surface area contributed by atoms with E-state index >= 15 is 0 Å². The lowest BCUT2D eigenvalue weighted by molar-refractivity contribution is 0.105. The number of methoxy groups -OCH3 is 1. The van der Waals surface area contributed by atoms with Crippen LogP contribution in [-0.4, -0.2) is 36.6 Å². The second-order valence-electron chi connectivity index (χ2n) is 3.16. The first-order chi connectivity index (χ1) is 7.60. The van der Waals surface area contributed by atoms with E-state index in [0.717, 1.165) is 6.07 Å². The summed E-state index contributed by atoms with van der Waals surface area (Å²) in [7, 11) is 1.21. The Morgan fingerprint density at radius 3 is 2.69 bits per heavy atom. The van der Waals surface area contributed by atoms with Gasteiger partial charge in [0, 0.05) is 6.54 Å². The minimum absolute atomic E-state index is 0.0118. The summed E-state index contributed by atoms with van der Waals surface area (Å²) >= 11 is 0. The molecule has 0 heterocycles. The first-order valence-electron chi connectivity index (χ1n) is 4.65. The summed E-state index contributed by atoms with van der Waals surface area (Å²) in [5, 5.41) is 20.3. The molecule has 0 aliphatic heterocycles. The Hall–Kier alpha value is -1.40. The molecule has 1 unspecified atom stereocenters. The van der Waals surface area contributed by atoms with Crippen molar-refractivity contribution in [1.29, 1.82) is 0 Å². The molecule has 6 heteroatoms. The zero-order valence-electron chi connectivity index (χ0n) is 8.70. The van der Waals surface area contributed by atoms with Gasteiger partial charge >= 0.3 is 0 Å². The molecule has 0 amide bonds. The van der Waals surface area contributed by atoms with Crippen molar-refractivity contribution in [3.8, 4) is 5.75 Å². The van der Waals surface area contributed by atoms with Crippen LogP contribution in [0.3, 0.4) is 0 Å². The molecule has 0 aromatic heterocycles. The summed E-state index contributed by atoms with van der Waals surface area (Å²) in [6.07, 6.45) is -0.974. The summed E-state index contributed by atoms with van der Waals surface area (Å²) in [5.41, 5.74) is 0.217. The topological polar surface area (TPSA) is 61.7 Å². The molecule has 1 rings (SSSR count). The Morgan fingerprint density at radius 2 is 2.12 bits per heavy atom. The van der Waals surface area contributed by atoms with Crippen LogP contribution in [0.4, 0.5) is 14.5 Å². The molecule has 0 saturated heterocycles. The highest BCUT2D eigenvalue weighted by atomic mass is 19.2. The normalized spacial score (nSPS) is 12.3. The van der Waals surface area contributed by atoms with E-state index in [1.54, 1.807) is 0 Å². The van der Waals surface area contributed by atoms with Gasteiger partial charge in [0.2, 0.25) is 5.82 Å². The van der Waals surface area contributed by atoms with Crippen molar-refractivity contribution < 1.29 is 23.7 Å². The fourth-order valence-electron chi connectivity index (χ4n) is 1.16. The minimum Gasteiger partial charge on any atom is -0.491 e. The number of hydrogen-bond acceptors (Lipinski definition) is 4. The molecular formula is C10H13F2NO3. The lowest BCUT2D eigenvalue weighted by Crippen LogP contribution is -2.23. The third-order valence-corrected chi connectivity index (χ3v) is 1.99. The summed E-state index contributed by atoms with van der Waals surface area (Å²) in [5.74, 6) is -2.36. The van der Waals surface area contributed by atoms with Crippen LogP contribution in [0.25, 0.3) is 0 Å². The predicted octanol–water partition coefficient (Wildman–Crippen LogP) is 0.738. The number of halogens is 2. The fraction of sp³-hybridized carbons (Fsp3) is 0.400. The molecular weight excluding hydrogens is 220 g/mol. The van der Waals surface area contributed by atoms with Gasteiger partial charge < -0.3 is 20.3 Å². The molecule has 4 nitrogen and oxygen atoms in total. The first-order valence-corrected chi connectivity index (χ1v) is 4.65. The monoisotopic (exact) mass is 233 g/mol. The zero-order valence-corrected chi connectivity index (χ0v) is 8.70. The van der Waals surface area contributed by atoms with E-state index in [1.807, 2.05) is 0 Å². The average molecular weight is 233 g/mol. The van der Waals surface area contributed by atoms with E-state index in [4.69, 9.17) is 14.9 Å². The van der Waals surface area contributed by atoms with Crippen LogP contribution in [0.1, 0.15) is 0 Å². The largest absolute Gasteiger partial charge is 0.491 e. The van der Waals surface area contributed by atoms with Gasteiger partial charge in [0.25, 0.3) is 0 Å². The third kappa shape index (κ3) is 2.80. The van der Waals surface area contributed by atoms with Gasteiger partial charge in [-0.05, 0) is 12.1 Å². The Labute approximate surface area is 91.5 Å². The zero-order chi connectivity index (χ0) is 12.1. The van der Waals surface area contributed by atoms with Crippen LogP contribution >= 0.6 is 0 Å². The van der Waals surface area contributed by atoms with Crippen LogP contribution < -0.4 is 10.1 Å². The van der Waals surface area contributed by atoms with E-state index < -0.39 is 24.3 Å². The van der Waals surface area contributed by atoms with Crippen LogP contribution in [0.2, 0.25) is 0 Å². The smallest absolute Gasteiger partial charge is 0.202 e. The van der Waals surface area contributed by atoms with Crippen LogP contribution in [0.5, 0.6) is 5.75 Å². The summed E-state index contributed by atoms with van der Waals surface area (Å²) < 4.78 is 30.8. The van der Waals surface area contributed by atoms with Crippen LogP contribution in [0, 0.1) is 11.6 Å². The van der Waals surface area contributed by atoms with E-state index in [9.17, 15) is 8.78 Å².